The molecule has 0 aliphatic carbocycles. The lowest BCUT2D eigenvalue weighted by atomic mass is 9.98. The minimum atomic E-state index is 0.00449. The minimum absolute atomic E-state index is 0.00449. The van der Waals surface area contributed by atoms with Gasteiger partial charge in [-0.3, -0.25) is 4.79 Å². The fraction of sp³-hybridized carbons (Fsp3) is 0.500. The highest BCUT2D eigenvalue weighted by Gasteiger charge is 2.27. The summed E-state index contributed by atoms with van der Waals surface area (Å²) in [5.74, 6) is 0.170. The van der Waals surface area contributed by atoms with Gasteiger partial charge in [0.1, 0.15) is 5.75 Å². The number of nitrogens with two attached hydrogens (primary N) is 1. The second kappa shape index (κ2) is 6.56. The molecule has 2 rings (SSSR count). The van der Waals surface area contributed by atoms with E-state index in [0.717, 1.165) is 35.8 Å². The molecule has 1 aromatic rings. The van der Waals surface area contributed by atoms with Crippen LogP contribution in [-0.4, -0.2) is 35.0 Å². The first-order valence-electron chi connectivity index (χ1n) is 6.63. The molecule has 19 heavy (non-hydrogen) atoms. The maximum Gasteiger partial charge on any atom is 0.254 e. The normalized spacial score (nSPS) is 19.5. The Labute approximate surface area is 127 Å². The van der Waals surface area contributed by atoms with Crippen molar-refractivity contribution in [2.24, 2.45) is 5.73 Å². The van der Waals surface area contributed by atoms with Gasteiger partial charge in [0, 0.05) is 18.2 Å². The van der Waals surface area contributed by atoms with Crippen molar-refractivity contribution in [2.45, 2.75) is 31.7 Å². The summed E-state index contributed by atoms with van der Waals surface area (Å²) in [7, 11) is 0. The summed E-state index contributed by atoms with van der Waals surface area (Å²) < 4.78 is 0.756. The molecule has 3 N–H and O–H groups in total. The average Bonchev–Trinajstić information content (AvgIpc) is 2.42. The molecule has 1 aliphatic rings. The average molecular weight is 374 g/mol. The Kier molecular flexibility index (Phi) is 5.04. The molecule has 104 valence electrons. The number of hydrogen-bond acceptors (Lipinski definition) is 3. The molecule has 1 aromatic carbocycles. The first kappa shape index (κ1) is 14.6. The number of hydrogen-bond donors (Lipinski definition) is 2. The Morgan fingerprint density at radius 2 is 2.26 bits per heavy atom. The zero-order valence-electron chi connectivity index (χ0n) is 10.8. The number of amides is 1. The Balaban J connectivity index is 2.18. The maximum atomic E-state index is 12.5. The molecule has 1 unspecified atom stereocenters. The van der Waals surface area contributed by atoms with Crippen molar-refractivity contribution in [2.75, 3.05) is 13.1 Å². The number of nitrogens with zero attached hydrogens (tertiary/aromatic N) is 1. The van der Waals surface area contributed by atoms with Crippen LogP contribution in [0.25, 0.3) is 0 Å². The van der Waals surface area contributed by atoms with Gasteiger partial charge in [0.25, 0.3) is 5.91 Å². The van der Waals surface area contributed by atoms with Gasteiger partial charge in [0.15, 0.2) is 0 Å². The summed E-state index contributed by atoms with van der Waals surface area (Å²) in [4.78, 5) is 14.4. The van der Waals surface area contributed by atoms with Gasteiger partial charge in [-0.25, -0.2) is 0 Å². The summed E-state index contributed by atoms with van der Waals surface area (Å²) in [6, 6.07) is 5.34. The van der Waals surface area contributed by atoms with Crippen LogP contribution >= 0.6 is 22.6 Å². The van der Waals surface area contributed by atoms with Gasteiger partial charge < -0.3 is 15.7 Å². The van der Waals surface area contributed by atoms with E-state index in [0.29, 0.717) is 12.1 Å². The number of halogens is 1. The number of likely N-dealkylation sites (tertiary alicyclic amines) is 1. The lowest BCUT2D eigenvalue weighted by Gasteiger charge is -2.35. The van der Waals surface area contributed by atoms with Crippen molar-refractivity contribution in [1.82, 2.24) is 4.90 Å². The van der Waals surface area contributed by atoms with Gasteiger partial charge in [-0.1, -0.05) is 0 Å². The van der Waals surface area contributed by atoms with E-state index in [-0.39, 0.29) is 17.7 Å². The molecule has 0 spiro atoms. The molecular weight excluding hydrogens is 355 g/mol. The molecule has 0 saturated carbocycles. The smallest absolute Gasteiger partial charge is 0.254 e. The third kappa shape index (κ3) is 3.39. The number of benzene rings is 1. The fourth-order valence-corrected chi connectivity index (χ4v) is 2.91. The Bertz CT molecular complexity index is 463. The van der Waals surface area contributed by atoms with E-state index in [4.69, 9.17) is 5.73 Å². The summed E-state index contributed by atoms with van der Waals surface area (Å²) in [6.07, 6.45) is 4.08. The Morgan fingerprint density at radius 3 is 2.95 bits per heavy atom. The van der Waals surface area contributed by atoms with Gasteiger partial charge in [0.2, 0.25) is 0 Å². The number of carbonyl (C=O) groups excluding carboxylic acids is 1. The number of phenolic OH excluding ortho intramolecular Hbond substituents is 1. The predicted octanol–water partition coefficient (Wildman–Crippen LogP) is 2.34. The monoisotopic (exact) mass is 374 g/mol. The summed E-state index contributed by atoms with van der Waals surface area (Å²) >= 11 is 2.04. The topological polar surface area (TPSA) is 66.6 Å². The molecule has 1 saturated heterocycles. The van der Waals surface area contributed by atoms with Crippen molar-refractivity contribution in [3.05, 3.63) is 27.3 Å². The summed E-state index contributed by atoms with van der Waals surface area (Å²) in [5, 5.41) is 9.72. The van der Waals surface area contributed by atoms with Crippen LogP contribution in [0.1, 0.15) is 36.0 Å². The molecule has 1 amide bonds. The van der Waals surface area contributed by atoms with Crippen LogP contribution in [0.5, 0.6) is 5.75 Å². The van der Waals surface area contributed by atoms with Crippen LogP contribution in [0.3, 0.4) is 0 Å². The van der Waals surface area contributed by atoms with Gasteiger partial charge in [-0.15, -0.1) is 0 Å². The largest absolute Gasteiger partial charge is 0.507 e. The van der Waals surface area contributed by atoms with E-state index < -0.39 is 0 Å². The fourth-order valence-electron chi connectivity index (χ4n) is 2.57. The Hall–Kier alpha value is -0.820. The molecular formula is C14H19IN2O2. The zero-order valence-corrected chi connectivity index (χ0v) is 13.0. The van der Waals surface area contributed by atoms with Gasteiger partial charge in [0.05, 0.1) is 3.57 Å². The van der Waals surface area contributed by atoms with Crippen LogP contribution in [0.15, 0.2) is 18.2 Å². The van der Waals surface area contributed by atoms with Gasteiger partial charge in [-0.05, 0) is 73.0 Å². The predicted molar refractivity (Wildman–Crippen MR) is 83.2 cm³/mol. The zero-order chi connectivity index (χ0) is 13.8. The van der Waals surface area contributed by atoms with Gasteiger partial charge >= 0.3 is 0 Å². The molecule has 4 nitrogen and oxygen atoms in total. The van der Waals surface area contributed by atoms with Crippen molar-refractivity contribution in [3.63, 3.8) is 0 Å². The summed E-state index contributed by atoms with van der Waals surface area (Å²) in [5.41, 5.74) is 6.18. The summed E-state index contributed by atoms with van der Waals surface area (Å²) in [6.45, 7) is 1.39. The van der Waals surface area contributed by atoms with E-state index >= 15 is 0 Å². The number of aromatic hydroxyl groups is 1. The van der Waals surface area contributed by atoms with Crippen LogP contribution < -0.4 is 5.73 Å². The third-order valence-corrected chi connectivity index (χ3v) is 4.49. The van der Waals surface area contributed by atoms with Crippen molar-refractivity contribution >= 4 is 28.5 Å². The number of piperidine rings is 1. The molecule has 0 radical (unpaired) electrons. The number of carbonyl (C=O) groups is 1. The second-order valence-corrected chi connectivity index (χ2v) is 6.05. The molecule has 0 bridgehead atoms. The highest BCUT2D eigenvalue weighted by molar-refractivity contribution is 14.1. The SMILES string of the molecule is NCCC1CCCCN1C(=O)c1ccc(I)c(O)c1. The van der Waals surface area contributed by atoms with Crippen LogP contribution in [0, 0.1) is 3.57 Å². The molecule has 1 atom stereocenters. The van der Waals surface area contributed by atoms with Crippen LogP contribution in [0.2, 0.25) is 0 Å². The van der Waals surface area contributed by atoms with E-state index in [1.807, 2.05) is 27.5 Å². The van der Waals surface area contributed by atoms with Gasteiger partial charge in [-0.2, -0.15) is 0 Å². The maximum absolute atomic E-state index is 12.5. The van der Waals surface area contributed by atoms with Crippen molar-refractivity contribution < 1.29 is 9.90 Å². The lowest BCUT2D eigenvalue weighted by Crippen LogP contribution is -2.44. The molecule has 1 fully saturated rings. The molecule has 1 heterocycles. The van der Waals surface area contributed by atoms with E-state index in [1.54, 1.807) is 18.2 Å². The van der Waals surface area contributed by atoms with E-state index in [2.05, 4.69) is 0 Å². The third-order valence-electron chi connectivity index (χ3n) is 3.58. The highest BCUT2D eigenvalue weighted by Crippen LogP contribution is 2.25. The Morgan fingerprint density at radius 1 is 1.47 bits per heavy atom. The second-order valence-electron chi connectivity index (χ2n) is 4.89. The first-order chi connectivity index (χ1) is 9.13. The number of phenols is 1. The molecule has 1 aliphatic heterocycles. The lowest BCUT2D eigenvalue weighted by molar-refractivity contribution is 0.0604. The quantitative estimate of drug-likeness (QED) is 0.799. The van der Waals surface area contributed by atoms with E-state index in [9.17, 15) is 9.90 Å². The number of rotatable bonds is 3. The van der Waals surface area contributed by atoms with E-state index in [1.165, 1.54) is 0 Å². The minimum Gasteiger partial charge on any atom is -0.507 e. The van der Waals surface area contributed by atoms with Crippen molar-refractivity contribution in [1.29, 1.82) is 0 Å². The standard InChI is InChI=1S/C14H19IN2O2/c15-12-5-4-10(9-13(12)18)14(19)17-8-2-1-3-11(17)6-7-16/h4-5,9,11,18H,1-3,6-8,16H2. The highest BCUT2D eigenvalue weighted by atomic mass is 127. The van der Waals surface area contributed by atoms with Crippen LogP contribution in [0.4, 0.5) is 0 Å². The van der Waals surface area contributed by atoms with Crippen molar-refractivity contribution in [3.8, 4) is 5.75 Å². The first-order valence-corrected chi connectivity index (χ1v) is 7.71. The molecule has 5 heteroatoms. The van der Waals surface area contributed by atoms with Crippen LogP contribution in [-0.2, 0) is 0 Å². The molecule has 0 aromatic heterocycles.